The van der Waals surface area contributed by atoms with Crippen molar-refractivity contribution in [2.45, 2.75) is 6.42 Å². The first-order valence-electron chi connectivity index (χ1n) is 10.7. The van der Waals surface area contributed by atoms with Gasteiger partial charge in [-0.2, -0.15) is 0 Å². The molecule has 0 bridgehead atoms. The number of halogens is 3. The van der Waals surface area contributed by atoms with Gasteiger partial charge in [0.25, 0.3) is 5.91 Å². The fourth-order valence-electron chi connectivity index (χ4n) is 3.67. The highest BCUT2D eigenvalue weighted by molar-refractivity contribution is 6.33. The molecule has 4 rings (SSSR count). The number of nitrogens with one attached hydrogen (secondary N) is 2. The lowest BCUT2D eigenvalue weighted by molar-refractivity contribution is 0.0767. The van der Waals surface area contributed by atoms with E-state index in [2.05, 4.69) is 20.5 Å². The molecular formula is C24H22Cl2FN5O2. The lowest BCUT2D eigenvalue weighted by Crippen LogP contribution is -2.35. The second kappa shape index (κ2) is 10.7. The first-order valence-corrected chi connectivity index (χ1v) is 11.4. The van der Waals surface area contributed by atoms with Crippen molar-refractivity contribution in [3.63, 3.8) is 0 Å². The molecule has 1 saturated heterocycles. The van der Waals surface area contributed by atoms with E-state index < -0.39 is 11.8 Å². The van der Waals surface area contributed by atoms with Crippen molar-refractivity contribution in [1.82, 2.24) is 9.88 Å². The van der Waals surface area contributed by atoms with Crippen LogP contribution in [0.3, 0.4) is 0 Å². The number of aromatic nitrogens is 1. The molecule has 3 amide bonds. The summed E-state index contributed by atoms with van der Waals surface area (Å²) in [6.45, 7) is 2.56. The molecule has 3 aromatic rings. The van der Waals surface area contributed by atoms with Gasteiger partial charge in [0.2, 0.25) is 0 Å². The van der Waals surface area contributed by atoms with Crippen LogP contribution in [0.2, 0.25) is 10.0 Å². The second-order valence-corrected chi connectivity index (χ2v) is 8.54. The van der Waals surface area contributed by atoms with Gasteiger partial charge >= 0.3 is 6.03 Å². The molecule has 2 aromatic carbocycles. The Morgan fingerprint density at radius 3 is 2.38 bits per heavy atom. The molecular weight excluding hydrogens is 480 g/mol. The number of anilines is 3. The number of hydrogen-bond acceptors (Lipinski definition) is 4. The summed E-state index contributed by atoms with van der Waals surface area (Å²) in [4.78, 5) is 33.4. The fourth-order valence-corrected chi connectivity index (χ4v) is 4.07. The van der Waals surface area contributed by atoms with Gasteiger partial charge in [-0.25, -0.2) is 14.2 Å². The van der Waals surface area contributed by atoms with Gasteiger partial charge in [0, 0.05) is 31.9 Å². The van der Waals surface area contributed by atoms with E-state index in [1.165, 1.54) is 18.2 Å². The van der Waals surface area contributed by atoms with Crippen molar-refractivity contribution >= 4 is 52.3 Å². The minimum atomic E-state index is -0.558. The van der Waals surface area contributed by atoms with Crippen LogP contribution in [0, 0.1) is 5.82 Å². The smallest absolute Gasteiger partial charge is 0.323 e. The summed E-state index contributed by atoms with van der Waals surface area (Å²) in [5.41, 5.74) is 1.38. The first kappa shape index (κ1) is 23.8. The monoisotopic (exact) mass is 501 g/mol. The molecule has 1 aromatic heterocycles. The summed E-state index contributed by atoms with van der Waals surface area (Å²) in [5, 5.41) is 5.64. The van der Waals surface area contributed by atoms with Gasteiger partial charge in [-0.3, -0.25) is 4.79 Å². The van der Waals surface area contributed by atoms with Gasteiger partial charge in [0.05, 0.1) is 27.5 Å². The minimum absolute atomic E-state index is 0.0755. The van der Waals surface area contributed by atoms with Crippen molar-refractivity contribution in [3.05, 3.63) is 82.2 Å². The van der Waals surface area contributed by atoms with E-state index in [0.717, 1.165) is 18.8 Å². The number of rotatable bonds is 4. The van der Waals surface area contributed by atoms with Crippen LogP contribution in [0.5, 0.6) is 0 Å². The third-order valence-electron chi connectivity index (χ3n) is 5.39. The molecule has 0 atom stereocenters. The number of carbonyl (C=O) groups excluding carboxylic acids is 2. The third-order valence-corrected chi connectivity index (χ3v) is 6.01. The molecule has 0 saturated carbocycles. The van der Waals surface area contributed by atoms with Gasteiger partial charge < -0.3 is 20.4 Å². The molecule has 1 aliphatic heterocycles. The maximum absolute atomic E-state index is 13.3. The summed E-state index contributed by atoms with van der Waals surface area (Å²) in [6.07, 6.45) is 2.35. The van der Waals surface area contributed by atoms with Gasteiger partial charge in [-0.05, 0) is 48.9 Å². The van der Waals surface area contributed by atoms with E-state index in [4.69, 9.17) is 23.2 Å². The minimum Gasteiger partial charge on any atom is -0.355 e. The van der Waals surface area contributed by atoms with Crippen LogP contribution in [-0.2, 0) is 0 Å². The molecule has 0 aliphatic carbocycles. The fraction of sp³-hybridized carbons (Fsp3) is 0.208. The molecule has 7 nitrogen and oxygen atoms in total. The molecule has 2 heterocycles. The third kappa shape index (κ3) is 5.76. The average Bonchev–Trinajstić information content (AvgIpc) is 3.08. The van der Waals surface area contributed by atoms with Crippen molar-refractivity contribution in [2.24, 2.45) is 0 Å². The van der Waals surface area contributed by atoms with Gasteiger partial charge in [0.1, 0.15) is 11.6 Å². The van der Waals surface area contributed by atoms with E-state index in [0.29, 0.717) is 41.6 Å². The van der Waals surface area contributed by atoms with Crippen LogP contribution in [0.4, 0.5) is 26.4 Å². The standard InChI is InChI=1S/C24H22Cl2FN5O2/c25-19-5-2-1-4-18(19)23(33)32-11-3-10-31(12-13-32)22-9-7-17(15-28-22)30-24(34)29-16-6-8-21(27)20(26)14-16/h1-2,4-9,14-15H,3,10-13H2,(H2,29,30,34). The zero-order chi connectivity index (χ0) is 24.1. The molecule has 0 radical (unpaired) electrons. The van der Waals surface area contributed by atoms with Crippen molar-refractivity contribution in [2.75, 3.05) is 41.7 Å². The zero-order valence-electron chi connectivity index (χ0n) is 18.1. The van der Waals surface area contributed by atoms with Crippen LogP contribution in [0.1, 0.15) is 16.8 Å². The Labute approximate surface area is 206 Å². The van der Waals surface area contributed by atoms with Crippen molar-refractivity contribution in [1.29, 1.82) is 0 Å². The Bertz CT molecular complexity index is 1190. The number of nitrogens with zero attached hydrogens (tertiary/aromatic N) is 3. The van der Waals surface area contributed by atoms with Crippen LogP contribution < -0.4 is 15.5 Å². The molecule has 1 aliphatic rings. The molecule has 10 heteroatoms. The second-order valence-electron chi connectivity index (χ2n) is 7.73. The molecule has 1 fully saturated rings. The van der Waals surface area contributed by atoms with Crippen LogP contribution in [-0.4, -0.2) is 48.0 Å². The van der Waals surface area contributed by atoms with Gasteiger partial charge in [-0.15, -0.1) is 0 Å². The van der Waals surface area contributed by atoms with Crippen molar-refractivity contribution < 1.29 is 14.0 Å². The van der Waals surface area contributed by atoms with Crippen LogP contribution in [0.25, 0.3) is 0 Å². The SMILES string of the molecule is O=C(Nc1ccc(N2CCCN(C(=O)c3ccccc3Cl)CC2)nc1)Nc1ccc(F)c(Cl)c1. The highest BCUT2D eigenvalue weighted by Crippen LogP contribution is 2.22. The van der Waals surface area contributed by atoms with E-state index in [-0.39, 0.29) is 10.9 Å². The van der Waals surface area contributed by atoms with Crippen molar-refractivity contribution in [3.8, 4) is 0 Å². The zero-order valence-corrected chi connectivity index (χ0v) is 19.6. The van der Waals surface area contributed by atoms with Crippen LogP contribution >= 0.6 is 23.2 Å². The molecule has 0 spiro atoms. The quantitative estimate of drug-likeness (QED) is 0.493. The lowest BCUT2D eigenvalue weighted by atomic mass is 10.2. The number of hydrogen-bond donors (Lipinski definition) is 2. The number of benzene rings is 2. The van der Waals surface area contributed by atoms with E-state index >= 15 is 0 Å². The summed E-state index contributed by atoms with van der Waals surface area (Å²) in [7, 11) is 0. The Morgan fingerprint density at radius 1 is 0.882 bits per heavy atom. The topological polar surface area (TPSA) is 77.6 Å². The Morgan fingerprint density at radius 2 is 1.65 bits per heavy atom. The Balaban J connectivity index is 1.33. The summed E-state index contributed by atoms with van der Waals surface area (Å²) < 4.78 is 13.3. The predicted molar refractivity (Wildman–Crippen MR) is 132 cm³/mol. The highest BCUT2D eigenvalue weighted by atomic mass is 35.5. The van der Waals surface area contributed by atoms with E-state index in [1.807, 2.05) is 11.0 Å². The van der Waals surface area contributed by atoms with Gasteiger partial charge in [0.15, 0.2) is 0 Å². The lowest BCUT2D eigenvalue weighted by Gasteiger charge is -2.23. The van der Waals surface area contributed by atoms with Gasteiger partial charge in [-0.1, -0.05) is 35.3 Å². The number of urea groups is 1. The Hall–Kier alpha value is -3.36. The summed E-state index contributed by atoms with van der Waals surface area (Å²) in [5.74, 6) is 0.119. The maximum Gasteiger partial charge on any atom is 0.323 e. The van der Waals surface area contributed by atoms with E-state index in [9.17, 15) is 14.0 Å². The molecule has 2 N–H and O–H groups in total. The number of amides is 3. The van der Waals surface area contributed by atoms with Crippen LogP contribution in [0.15, 0.2) is 60.8 Å². The normalized spacial score (nSPS) is 13.9. The highest BCUT2D eigenvalue weighted by Gasteiger charge is 2.22. The number of carbonyl (C=O) groups is 2. The molecule has 176 valence electrons. The largest absolute Gasteiger partial charge is 0.355 e. The molecule has 0 unspecified atom stereocenters. The maximum atomic E-state index is 13.3. The predicted octanol–water partition coefficient (Wildman–Crippen LogP) is 5.52. The first-order chi connectivity index (χ1) is 16.4. The summed E-state index contributed by atoms with van der Waals surface area (Å²) >= 11 is 11.9. The number of pyridine rings is 1. The Kier molecular flexibility index (Phi) is 7.49. The molecule has 34 heavy (non-hydrogen) atoms. The summed E-state index contributed by atoms with van der Waals surface area (Å²) in [6, 6.07) is 14.0. The average molecular weight is 502 g/mol. The van der Waals surface area contributed by atoms with E-state index in [1.54, 1.807) is 36.5 Å².